The summed E-state index contributed by atoms with van der Waals surface area (Å²) in [5.41, 5.74) is 16.8. The molecule has 0 aliphatic rings. The highest BCUT2D eigenvalue weighted by Gasteiger charge is 2.10. The molecule has 0 amide bonds. The third-order valence-electron chi connectivity index (χ3n) is 4.18. The minimum atomic E-state index is 0.679. The summed E-state index contributed by atoms with van der Waals surface area (Å²) in [6, 6.07) is 19.3. The van der Waals surface area contributed by atoms with E-state index in [1.165, 1.54) is 0 Å². The fourth-order valence-corrected chi connectivity index (χ4v) is 2.93. The van der Waals surface area contributed by atoms with Gasteiger partial charge in [0.1, 0.15) is 5.75 Å². The van der Waals surface area contributed by atoms with Gasteiger partial charge in [0, 0.05) is 27.8 Å². The second-order valence-electron chi connectivity index (χ2n) is 5.89. The zero-order chi connectivity index (χ0) is 17.4. The second kappa shape index (κ2) is 5.87. The van der Waals surface area contributed by atoms with Crippen molar-refractivity contribution in [2.45, 2.75) is 0 Å². The Hall–Kier alpha value is -3.47. The first-order chi connectivity index (χ1) is 12.1. The molecule has 3 aromatic carbocycles. The van der Waals surface area contributed by atoms with Crippen molar-refractivity contribution in [2.24, 2.45) is 0 Å². The molecule has 0 aliphatic carbocycles. The summed E-state index contributed by atoms with van der Waals surface area (Å²) in [5, 5.41) is 5.51. The molecule has 4 rings (SSSR count). The molecule has 1 aromatic heterocycles. The molecule has 0 atom stereocenters. The molecule has 124 valence electrons. The number of hydrogen-bond acceptors (Lipinski definition) is 5. The zero-order valence-electron chi connectivity index (χ0n) is 13.8. The number of methoxy groups -OCH3 is 1. The Kier molecular flexibility index (Phi) is 3.54. The summed E-state index contributed by atoms with van der Waals surface area (Å²) in [7, 11) is 1.65. The van der Waals surface area contributed by atoms with Gasteiger partial charge in [-0.25, -0.2) is 4.98 Å². The summed E-state index contributed by atoms with van der Waals surface area (Å²) >= 11 is 0. The van der Waals surface area contributed by atoms with Crippen LogP contribution in [0.1, 0.15) is 0 Å². The van der Waals surface area contributed by atoms with Gasteiger partial charge in [0.15, 0.2) is 0 Å². The van der Waals surface area contributed by atoms with Crippen molar-refractivity contribution < 1.29 is 4.74 Å². The van der Waals surface area contributed by atoms with Crippen molar-refractivity contribution in [3.63, 3.8) is 0 Å². The summed E-state index contributed by atoms with van der Waals surface area (Å²) in [6.45, 7) is 0. The third-order valence-corrected chi connectivity index (χ3v) is 4.18. The van der Waals surface area contributed by atoms with Crippen LogP contribution in [0.4, 0.5) is 22.7 Å². The molecular formula is C20H18N4O. The quantitative estimate of drug-likeness (QED) is 0.385. The number of nitrogens with zero attached hydrogens (tertiary/aromatic N) is 1. The van der Waals surface area contributed by atoms with E-state index >= 15 is 0 Å². The van der Waals surface area contributed by atoms with Crippen LogP contribution in [-0.4, -0.2) is 12.1 Å². The zero-order valence-corrected chi connectivity index (χ0v) is 13.8. The van der Waals surface area contributed by atoms with Crippen LogP contribution in [-0.2, 0) is 0 Å². The first-order valence-corrected chi connectivity index (χ1v) is 7.93. The standard InChI is InChI=1S/C20H18N4O/c1-25-15-6-4-14(5-7-15)23-20-16-8-2-12(21)10-18(16)24-19-11-13(22)3-9-17(19)20/h2-11H,21-22H2,1H3,(H,23,24). The van der Waals surface area contributed by atoms with E-state index in [0.29, 0.717) is 11.4 Å². The number of nitrogens with two attached hydrogens (primary N) is 2. The Labute approximate surface area is 145 Å². The monoisotopic (exact) mass is 330 g/mol. The van der Waals surface area contributed by atoms with E-state index in [9.17, 15) is 0 Å². The van der Waals surface area contributed by atoms with Crippen LogP contribution in [0.3, 0.4) is 0 Å². The van der Waals surface area contributed by atoms with Crippen LogP contribution >= 0.6 is 0 Å². The van der Waals surface area contributed by atoms with Crippen LogP contribution < -0.4 is 21.5 Å². The van der Waals surface area contributed by atoms with E-state index in [0.717, 1.165) is 38.9 Å². The molecule has 0 unspecified atom stereocenters. The number of nitrogen functional groups attached to an aromatic ring is 2. The van der Waals surface area contributed by atoms with Crippen molar-refractivity contribution >= 4 is 44.6 Å². The summed E-state index contributed by atoms with van der Waals surface area (Å²) < 4.78 is 5.22. The number of nitrogens with one attached hydrogen (secondary N) is 1. The van der Waals surface area contributed by atoms with E-state index in [-0.39, 0.29) is 0 Å². The highest BCUT2D eigenvalue weighted by molar-refractivity contribution is 6.09. The summed E-state index contributed by atoms with van der Waals surface area (Å²) in [6.07, 6.45) is 0. The predicted molar refractivity (Wildman–Crippen MR) is 104 cm³/mol. The number of hydrogen-bond donors (Lipinski definition) is 3. The third kappa shape index (κ3) is 2.76. The van der Waals surface area contributed by atoms with Crippen LogP contribution in [0.2, 0.25) is 0 Å². The predicted octanol–water partition coefficient (Wildman–Crippen LogP) is 4.30. The van der Waals surface area contributed by atoms with E-state index in [1.54, 1.807) is 7.11 Å². The van der Waals surface area contributed by atoms with Crippen molar-refractivity contribution in [1.82, 2.24) is 4.98 Å². The van der Waals surface area contributed by atoms with Crippen molar-refractivity contribution in [1.29, 1.82) is 0 Å². The topological polar surface area (TPSA) is 86.2 Å². The fourth-order valence-electron chi connectivity index (χ4n) is 2.93. The number of fused-ring (bicyclic) bond motifs is 2. The van der Waals surface area contributed by atoms with Gasteiger partial charge >= 0.3 is 0 Å². The number of anilines is 4. The summed E-state index contributed by atoms with van der Waals surface area (Å²) in [5.74, 6) is 0.815. The largest absolute Gasteiger partial charge is 0.497 e. The van der Waals surface area contributed by atoms with Gasteiger partial charge in [-0.05, 0) is 60.7 Å². The lowest BCUT2D eigenvalue weighted by Crippen LogP contribution is -1.97. The molecule has 5 N–H and O–H groups in total. The fraction of sp³-hybridized carbons (Fsp3) is 0.0500. The molecule has 0 spiro atoms. The Bertz CT molecular complexity index is 1010. The van der Waals surface area contributed by atoms with Crippen molar-refractivity contribution in [3.8, 4) is 5.75 Å². The first-order valence-electron chi connectivity index (χ1n) is 7.93. The number of aromatic nitrogens is 1. The van der Waals surface area contributed by atoms with Crippen LogP contribution in [0.15, 0.2) is 60.7 Å². The molecule has 5 heteroatoms. The molecule has 0 fully saturated rings. The average molecular weight is 330 g/mol. The van der Waals surface area contributed by atoms with Crippen molar-refractivity contribution in [3.05, 3.63) is 60.7 Å². The minimum Gasteiger partial charge on any atom is -0.497 e. The first kappa shape index (κ1) is 15.1. The van der Waals surface area contributed by atoms with E-state index < -0.39 is 0 Å². The second-order valence-corrected chi connectivity index (χ2v) is 5.89. The molecular weight excluding hydrogens is 312 g/mol. The maximum absolute atomic E-state index is 5.93. The number of pyridine rings is 1. The molecule has 0 aliphatic heterocycles. The Morgan fingerprint density at radius 2 is 1.36 bits per heavy atom. The lowest BCUT2D eigenvalue weighted by Gasteiger charge is -2.14. The Morgan fingerprint density at radius 1 is 0.800 bits per heavy atom. The number of benzene rings is 3. The van der Waals surface area contributed by atoms with Crippen molar-refractivity contribution in [2.75, 3.05) is 23.9 Å². The molecule has 0 radical (unpaired) electrons. The van der Waals surface area contributed by atoms with Gasteiger partial charge in [0.25, 0.3) is 0 Å². The molecule has 25 heavy (non-hydrogen) atoms. The van der Waals surface area contributed by atoms with Crippen LogP contribution in [0.5, 0.6) is 5.75 Å². The van der Waals surface area contributed by atoms with Gasteiger partial charge in [0.2, 0.25) is 0 Å². The lowest BCUT2D eigenvalue weighted by atomic mass is 10.1. The van der Waals surface area contributed by atoms with Crippen LogP contribution in [0, 0.1) is 0 Å². The molecule has 0 bridgehead atoms. The van der Waals surface area contributed by atoms with Gasteiger partial charge in [-0.1, -0.05) is 0 Å². The number of rotatable bonds is 3. The van der Waals surface area contributed by atoms with Gasteiger partial charge in [-0.2, -0.15) is 0 Å². The normalized spacial score (nSPS) is 10.9. The highest BCUT2D eigenvalue weighted by atomic mass is 16.5. The van der Waals surface area contributed by atoms with E-state index in [1.807, 2.05) is 60.7 Å². The average Bonchev–Trinajstić information content (AvgIpc) is 2.61. The Balaban J connectivity index is 1.94. The maximum Gasteiger partial charge on any atom is 0.119 e. The maximum atomic E-state index is 5.93. The van der Waals surface area contributed by atoms with Gasteiger partial charge in [-0.3, -0.25) is 0 Å². The smallest absolute Gasteiger partial charge is 0.119 e. The molecule has 0 saturated carbocycles. The summed E-state index contributed by atoms with van der Waals surface area (Å²) in [4.78, 5) is 4.71. The van der Waals surface area contributed by atoms with E-state index in [4.69, 9.17) is 21.2 Å². The molecule has 4 aromatic rings. The van der Waals surface area contributed by atoms with E-state index in [2.05, 4.69) is 5.32 Å². The van der Waals surface area contributed by atoms with Crippen LogP contribution in [0.25, 0.3) is 21.8 Å². The molecule has 1 heterocycles. The highest BCUT2D eigenvalue weighted by Crippen LogP contribution is 2.35. The van der Waals surface area contributed by atoms with Gasteiger partial charge in [0.05, 0.1) is 23.8 Å². The minimum absolute atomic E-state index is 0.679. The number of ether oxygens (including phenoxy) is 1. The molecule has 5 nitrogen and oxygen atoms in total. The Morgan fingerprint density at radius 3 is 1.88 bits per heavy atom. The lowest BCUT2D eigenvalue weighted by molar-refractivity contribution is 0.415. The van der Waals surface area contributed by atoms with Gasteiger partial charge in [-0.15, -0.1) is 0 Å². The molecule has 0 saturated heterocycles. The SMILES string of the molecule is COc1ccc(Nc2c3ccc(N)cc3nc3cc(N)ccc23)cc1. The van der Waals surface area contributed by atoms with Gasteiger partial charge < -0.3 is 21.5 Å².